The average Bonchev–Trinajstić information content (AvgIpc) is 2.65. The molecule has 0 radical (unpaired) electrons. The van der Waals surface area contributed by atoms with Crippen molar-refractivity contribution in [2.45, 2.75) is 38.6 Å². The molecule has 0 aromatic carbocycles. The van der Waals surface area contributed by atoms with Crippen LogP contribution in [0.4, 0.5) is 0 Å². The van der Waals surface area contributed by atoms with Gasteiger partial charge in [0.15, 0.2) is 0 Å². The summed E-state index contributed by atoms with van der Waals surface area (Å²) in [7, 11) is 0. The molecule has 3 heteroatoms. The zero-order valence-electron chi connectivity index (χ0n) is 8.96. The summed E-state index contributed by atoms with van der Waals surface area (Å²) in [5.74, 6) is 1.04. The molecule has 2 atom stereocenters. The Hall–Kier alpha value is -0.570. The van der Waals surface area contributed by atoms with Crippen molar-refractivity contribution >= 4 is 5.91 Å². The summed E-state index contributed by atoms with van der Waals surface area (Å²) in [6.45, 7) is 5.43. The van der Waals surface area contributed by atoms with Crippen LogP contribution in [0.1, 0.15) is 32.6 Å². The molecule has 0 aliphatic carbocycles. The van der Waals surface area contributed by atoms with Crippen LogP contribution in [0.3, 0.4) is 0 Å². The highest BCUT2D eigenvalue weighted by atomic mass is 16.2. The Morgan fingerprint density at radius 2 is 2.36 bits per heavy atom. The molecule has 1 amide bonds. The molecule has 80 valence electrons. The van der Waals surface area contributed by atoms with E-state index in [1.807, 2.05) is 0 Å². The lowest BCUT2D eigenvalue weighted by Gasteiger charge is -2.34. The van der Waals surface area contributed by atoms with Crippen LogP contribution in [-0.4, -0.2) is 36.5 Å². The van der Waals surface area contributed by atoms with E-state index in [1.54, 1.807) is 0 Å². The summed E-state index contributed by atoms with van der Waals surface area (Å²) < 4.78 is 0. The number of nitrogens with zero attached hydrogens (tertiary/aromatic N) is 1. The Morgan fingerprint density at radius 1 is 1.50 bits per heavy atom. The van der Waals surface area contributed by atoms with Crippen LogP contribution >= 0.6 is 0 Å². The standard InChI is InChI=1S/C11H20N2O/c1-9(10-4-2-6-12-8-10)13-7-3-5-11(13)14/h9-10,12H,2-8H2,1H3. The Morgan fingerprint density at radius 3 is 2.93 bits per heavy atom. The number of piperidine rings is 1. The monoisotopic (exact) mass is 196 g/mol. The topological polar surface area (TPSA) is 32.3 Å². The van der Waals surface area contributed by atoms with E-state index in [4.69, 9.17) is 0 Å². The molecule has 2 heterocycles. The fraction of sp³-hybridized carbons (Fsp3) is 0.909. The normalized spacial score (nSPS) is 30.8. The van der Waals surface area contributed by atoms with E-state index >= 15 is 0 Å². The van der Waals surface area contributed by atoms with Crippen molar-refractivity contribution in [3.05, 3.63) is 0 Å². The van der Waals surface area contributed by atoms with Gasteiger partial charge in [0.2, 0.25) is 5.91 Å². The predicted molar refractivity (Wildman–Crippen MR) is 56.0 cm³/mol. The zero-order chi connectivity index (χ0) is 9.97. The fourth-order valence-corrected chi connectivity index (χ4v) is 2.64. The van der Waals surface area contributed by atoms with Gasteiger partial charge in [-0.1, -0.05) is 0 Å². The van der Waals surface area contributed by atoms with Crippen LogP contribution in [0.5, 0.6) is 0 Å². The van der Waals surface area contributed by atoms with Gasteiger partial charge in [-0.05, 0) is 45.2 Å². The van der Waals surface area contributed by atoms with Crippen LogP contribution in [0, 0.1) is 5.92 Å². The molecule has 2 aliphatic heterocycles. The molecule has 1 N–H and O–H groups in total. The lowest BCUT2D eigenvalue weighted by molar-refractivity contribution is -0.130. The SMILES string of the molecule is CC(C1CCCNC1)N1CCCC1=O. The molecule has 2 fully saturated rings. The second kappa shape index (κ2) is 4.30. The molecule has 3 nitrogen and oxygen atoms in total. The van der Waals surface area contributed by atoms with Crippen molar-refractivity contribution in [1.29, 1.82) is 0 Å². The smallest absolute Gasteiger partial charge is 0.222 e. The molecular formula is C11H20N2O. The molecule has 2 saturated heterocycles. The first-order valence-electron chi connectivity index (χ1n) is 5.79. The molecule has 0 aromatic rings. The Bertz CT molecular complexity index is 211. The fourth-order valence-electron chi connectivity index (χ4n) is 2.64. The maximum absolute atomic E-state index is 11.6. The number of carbonyl (C=O) groups excluding carboxylic acids is 1. The minimum absolute atomic E-state index is 0.364. The van der Waals surface area contributed by atoms with Crippen LogP contribution in [0.2, 0.25) is 0 Å². The summed E-state index contributed by atoms with van der Waals surface area (Å²) in [6, 6.07) is 0.442. The van der Waals surface area contributed by atoms with Crippen LogP contribution < -0.4 is 5.32 Å². The van der Waals surface area contributed by atoms with Gasteiger partial charge in [-0.15, -0.1) is 0 Å². The first-order chi connectivity index (χ1) is 6.79. The average molecular weight is 196 g/mol. The van der Waals surface area contributed by atoms with Crippen LogP contribution in [0.15, 0.2) is 0 Å². The number of rotatable bonds is 2. The van der Waals surface area contributed by atoms with Crippen molar-refractivity contribution in [3.63, 3.8) is 0 Å². The molecule has 14 heavy (non-hydrogen) atoms. The first kappa shape index (κ1) is 9.97. The van der Waals surface area contributed by atoms with E-state index in [1.165, 1.54) is 12.8 Å². The van der Waals surface area contributed by atoms with E-state index < -0.39 is 0 Å². The minimum atomic E-state index is 0.364. The highest BCUT2D eigenvalue weighted by Gasteiger charge is 2.30. The predicted octanol–water partition coefficient (Wildman–Crippen LogP) is 0.997. The van der Waals surface area contributed by atoms with Crippen LogP contribution in [-0.2, 0) is 4.79 Å². The van der Waals surface area contributed by atoms with E-state index in [2.05, 4.69) is 17.1 Å². The number of amides is 1. The zero-order valence-corrected chi connectivity index (χ0v) is 8.96. The highest BCUT2D eigenvalue weighted by molar-refractivity contribution is 5.78. The Kier molecular flexibility index (Phi) is 3.06. The third-order valence-electron chi connectivity index (χ3n) is 3.62. The maximum atomic E-state index is 11.6. The maximum Gasteiger partial charge on any atom is 0.222 e. The van der Waals surface area contributed by atoms with E-state index in [0.29, 0.717) is 17.9 Å². The van der Waals surface area contributed by atoms with Gasteiger partial charge in [-0.3, -0.25) is 4.79 Å². The van der Waals surface area contributed by atoms with Gasteiger partial charge < -0.3 is 10.2 Å². The lowest BCUT2D eigenvalue weighted by Crippen LogP contribution is -2.45. The largest absolute Gasteiger partial charge is 0.340 e. The van der Waals surface area contributed by atoms with Gasteiger partial charge in [-0.25, -0.2) is 0 Å². The summed E-state index contributed by atoms with van der Waals surface area (Å²) in [5.41, 5.74) is 0. The van der Waals surface area contributed by atoms with Crippen molar-refractivity contribution in [2.75, 3.05) is 19.6 Å². The molecule has 2 aliphatic rings. The number of likely N-dealkylation sites (tertiary alicyclic amines) is 1. The highest BCUT2D eigenvalue weighted by Crippen LogP contribution is 2.23. The molecule has 0 spiro atoms. The van der Waals surface area contributed by atoms with Gasteiger partial charge >= 0.3 is 0 Å². The number of hydrogen-bond acceptors (Lipinski definition) is 2. The van der Waals surface area contributed by atoms with Gasteiger partial charge in [0.1, 0.15) is 0 Å². The lowest BCUT2D eigenvalue weighted by atomic mass is 9.92. The van der Waals surface area contributed by atoms with Gasteiger partial charge in [0.25, 0.3) is 0 Å². The van der Waals surface area contributed by atoms with Crippen molar-refractivity contribution in [1.82, 2.24) is 10.2 Å². The molecular weight excluding hydrogens is 176 g/mol. The summed E-state index contributed by atoms with van der Waals surface area (Å²) in [4.78, 5) is 13.6. The molecule has 2 rings (SSSR count). The number of nitrogens with one attached hydrogen (secondary N) is 1. The molecule has 0 saturated carbocycles. The van der Waals surface area contributed by atoms with Gasteiger partial charge in [0, 0.05) is 19.0 Å². The van der Waals surface area contributed by atoms with Gasteiger partial charge in [0.05, 0.1) is 0 Å². The van der Waals surface area contributed by atoms with Crippen LogP contribution in [0.25, 0.3) is 0 Å². The second-order valence-electron chi connectivity index (χ2n) is 4.54. The van der Waals surface area contributed by atoms with E-state index in [0.717, 1.165) is 32.5 Å². The second-order valence-corrected chi connectivity index (χ2v) is 4.54. The molecule has 0 aromatic heterocycles. The number of hydrogen-bond donors (Lipinski definition) is 1. The van der Waals surface area contributed by atoms with E-state index in [-0.39, 0.29) is 0 Å². The molecule has 0 bridgehead atoms. The number of carbonyl (C=O) groups is 1. The van der Waals surface area contributed by atoms with Crippen molar-refractivity contribution < 1.29 is 4.79 Å². The Balaban J connectivity index is 1.92. The minimum Gasteiger partial charge on any atom is -0.340 e. The quantitative estimate of drug-likeness (QED) is 0.714. The third kappa shape index (κ3) is 1.92. The first-order valence-corrected chi connectivity index (χ1v) is 5.79. The summed E-state index contributed by atoms with van der Waals surface area (Å²) in [6.07, 6.45) is 4.36. The van der Waals surface area contributed by atoms with E-state index in [9.17, 15) is 4.79 Å². The van der Waals surface area contributed by atoms with Crippen molar-refractivity contribution in [3.8, 4) is 0 Å². The van der Waals surface area contributed by atoms with Crippen molar-refractivity contribution in [2.24, 2.45) is 5.92 Å². The molecule has 2 unspecified atom stereocenters. The summed E-state index contributed by atoms with van der Waals surface area (Å²) in [5, 5.41) is 3.42. The third-order valence-corrected chi connectivity index (χ3v) is 3.62. The summed E-state index contributed by atoms with van der Waals surface area (Å²) >= 11 is 0. The van der Waals surface area contributed by atoms with Gasteiger partial charge in [-0.2, -0.15) is 0 Å². The Labute approximate surface area is 85.8 Å².